The molecule has 0 aromatic carbocycles. The number of likely N-dealkylation sites (tertiary alicyclic amines) is 1. The largest absolute Gasteiger partial charge is 0.377 e. The Morgan fingerprint density at radius 1 is 1.38 bits per heavy atom. The molecule has 1 saturated heterocycles. The summed E-state index contributed by atoms with van der Waals surface area (Å²) in [6, 6.07) is 0.646. The molecule has 1 aliphatic rings. The van der Waals surface area contributed by atoms with Crippen molar-refractivity contribution in [3.05, 3.63) is 0 Å². The average Bonchev–Trinajstić information content (AvgIpc) is 2.47. The van der Waals surface area contributed by atoms with Crippen molar-refractivity contribution in [3.63, 3.8) is 0 Å². The molecule has 0 aromatic heterocycles. The highest BCUT2D eigenvalue weighted by Crippen LogP contribution is 2.17. The van der Waals surface area contributed by atoms with Gasteiger partial charge in [0.1, 0.15) is 0 Å². The van der Waals surface area contributed by atoms with Gasteiger partial charge in [0.05, 0.1) is 5.60 Å². The highest BCUT2D eigenvalue weighted by atomic mass is 16.5. The summed E-state index contributed by atoms with van der Waals surface area (Å²) in [6.07, 6.45) is 2.60. The predicted octanol–water partition coefficient (Wildman–Crippen LogP) is 1.70. The molecule has 0 radical (unpaired) electrons. The van der Waals surface area contributed by atoms with Crippen molar-refractivity contribution in [1.82, 2.24) is 15.5 Å². The number of piperidine rings is 1. The summed E-state index contributed by atoms with van der Waals surface area (Å²) in [4.78, 5) is 6.86. The first kappa shape index (κ1) is 18.2. The van der Waals surface area contributed by atoms with E-state index in [1.165, 1.54) is 25.9 Å². The smallest absolute Gasteiger partial charge is 0.191 e. The van der Waals surface area contributed by atoms with E-state index in [0.29, 0.717) is 12.0 Å². The molecule has 0 bridgehead atoms. The molecule has 1 heterocycles. The molecule has 124 valence electrons. The van der Waals surface area contributed by atoms with Crippen LogP contribution in [-0.4, -0.2) is 62.8 Å². The van der Waals surface area contributed by atoms with Crippen LogP contribution in [-0.2, 0) is 4.74 Å². The van der Waals surface area contributed by atoms with Crippen LogP contribution in [0, 0.1) is 5.92 Å². The maximum absolute atomic E-state index is 5.42. The molecular weight excluding hydrogens is 264 g/mol. The minimum absolute atomic E-state index is 0.184. The molecular formula is C16H34N4O. The van der Waals surface area contributed by atoms with Crippen molar-refractivity contribution in [3.8, 4) is 0 Å². The summed E-state index contributed by atoms with van der Waals surface area (Å²) in [7, 11) is 3.55. The van der Waals surface area contributed by atoms with E-state index < -0.39 is 0 Å². The molecule has 1 aliphatic heterocycles. The zero-order valence-electron chi connectivity index (χ0n) is 14.7. The van der Waals surface area contributed by atoms with Gasteiger partial charge in [-0.1, -0.05) is 0 Å². The number of nitrogens with one attached hydrogen (secondary N) is 2. The molecule has 2 N–H and O–H groups in total. The fraction of sp³-hybridized carbons (Fsp3) is 0.938. The van der Waals surface area contributed by atoms with Crippen molar-refractivity contribution >= 4 is 5.96 Å². The number of ether oxygens (including phenoxy) is 1. The van der Waals surface area contributed by atoms with Gasteiger partial charge in [0.2, 0.25) is 0 Å². The van der Waals surface area contributed by atoms with E-state index in [1.807, 2.05) is 7.05 Å². The fourth-order valence-electron chi connectivity index (χ4n) is 2.56. The van der Waals surface area contributed by atoms with Gasteiger partial charge in [-0.3, -0.25) is 4.99 Å². The number of hydrogen-bond donors (Lipinski definition) is 2. The van der Waals surface area contributed by atoms with Crippen molar-refractivity contribution < 1.29 is 4.74 Å². The number of rotatable bonds is 6. The van der Waals surface area contributed by atoms with Crippen LogP contribution in [0.15, 0.2) is 4.99 Å². The monoisotopic (exact) mass is 298 g/mol. The Morgan fingerprint density at radius 3 is 2.67 bits per heavy atom. The molecule has 0 spiro atoms. The molecule has 0 aliphatic carbocycles. The molecule has 1 rings (SSSR count). The lowest BCUT2D eigenvalue weighted by Gasteiger charge is -2.35. The highest BCUT2D eigenvalue weighted by Gasteiger charge is 2.22. The second-order valence-corrected chi connectivity index (χ2v) is 6.87. The Labute approximate surface area is 130 Å². The van der Waals surface area contributed by atoms with Gasteiger partial charge in [0.15, 0.2) is 5.96 Å². The van der Waals surface area contributed by atoms with Crippen LogP contribution in [0.1, 0.15) is 40.5 Å². The van der Waals surface area contributed by atoms with E-state index in [1.54, 1.807) is 7.11 Å². The van der Waals surface area contributed by atoms with E-state index in [-0.39, 0.29) is 5.60 Å². The van der Waals surface area contributed by atoms with E-state index in [2.05, 4.69) is 48.2 Å². The Bertz CT molecular complexity index is 328. The van der Waals surface area contributed by atoms with Crippen LogP contribution in [0.25, 0.3) is 0 Å². The summed E-state index contributed by atoms with van der Waals surface area (Å²) >= 11 is 0. The van der Waals surface area contributed by atoms with Crippen LogP contribution in [0.2, 0.25) is 0 Å². The zero-order valence-corrected chi connectivity index (χ0v) is 14.7. The Morgan fingerprint density at radius 2 is 2.10 bits per heavy atom. The second-order valence-electron chi connectivity index (χ2n) is 6.87. The van der Waals surface area contributed by atoms with E-state index >= 15 is 0 Å². The van der Waals surface area contributed by atoms with Crippen LogP contribution in [0.4, 0.5) is 0 Å². The maximum Gasteiger partial charge on any atom is 0.191 e. The first-order chi connectivity index (χ1) is 9.88. The van der Waals surface area contributed by atoms with Crippen LogP contribution in [0.5, 0.6) is 0 Å². The lowest BCUT2D eigenvalue weighted by molar-refractivity contribution is 0.0268. The second kappa shape index (κ2) is 8.59. The number of methoxy groups -OCH3 is 1. The van der Waals surface area contributed by atoms with Gasteiger partial charge in [0, 0.05) is 39.8 Å². The highest BCUT2D eigenvalue weighted by molar-refractivity contribution is 5.79. The third-order valence-electron chi connectivity index (χ3n) is 4.30. The summed E-state index contributed by atoms with van der Waals surface area (Å²) in [5, 5.41) is 6.79. The van der Waals surface area contributed by atoms with Gasteiger partial charge in [-0.25, -0.2) is 0 Å². The van der Waals surface area contributed by atoms with Crippen LogP contribution < -0.4 is 10.6 Å². The molecule has 1 fully saturated rings. The third kappa shape index (κ3) is 6.66. The average molecular weight is 298 g/mol. The standard InChI is InChI=1S/C16H34N4O/c1-13(2)20-9-7-8-14(11-20)10-18-15(17-5)19-12-16(3,4)21-6/h13-14H,7-12H2,1-6H3,(H2,17,18,19). The molecule has 0 saturated carbocycles. The summed E-state index contributed by atoms with van der Waals surface area (Å²) in [5.41, 5.74) is -0.184. The van der Waals surface area contributed by atoms with Gasteiger partial charge < -0.3 is 20.3 Å². The van der Waals surface area contributed by atoms with Crippen molar-refractivity contribution in [1.29, 1.82) is 0 Å². The molecule has 1 unspecified atom stereocenters. The fourth-order valence-corrected chi connectivity index (χ4v) is 2.56. The van der Waals surface area contributed by atoms with Crippen molar-refractivity contribution in [2.45, 2.75) is 52.2 Å². The van der Waals surface area contributed by atoms with E-state index in [9.17, 15) is 0 Å². The van der Waals surface area contributed by atoms with Crippen LogP contribution >= 0.6 is 0 Å². The summed E-state index contributed by atoms with van der Waals surface area (Å²) < 4.78 is 5.42. The van der Waals surface area contributed by atoms with Gasteiger partial charge >= 0.3 is 0 Å². The Hall–Kier alpha value is -0.810. The first-order valence-electron chi connectivity index (χ1n) is 8.11. The predicted molar refractivity (Wildman–Crippen MR) is 89.9 cm³/mol. The number of nitrogens with zero attached hydrogens (tertiary/aromatic N) is 2. The molecule has 5 heteroatoms. The summed E-state index contributed by atoms with van der Waals surface area (Å²) in [5.74, 6) is 1.57. The van der Waals surface area contributed by atoms with Gasteiger partial charge in [0.25, 0.3) is 0 Å². The lowest BCUT2D eigenvalue weighted by Crippen LogP contribution is -2.48. The van der Waals surface area contributed by atoms with Gasteiger partial charge in [-0.2, -0.15) is 0 Å². The number of aliphatic imine (C=N–C) groups is 1. The van der Waals surface area contributed by atoms with E-state index in [4.69, 9.17) is 4.74 Å². The topological polar surface area (TPSA) is 48.9 Å². The molecule has 0 amide bonds. The molecule has 5 nitrogen and oxygen atoms in total. The molecule has 1 atom stereocenters. The minimum Gasteiger partial charge on any atom is -0.377 e. The van der Waals surface area contributed by atoms with Crippen molar-refractivity contribution in [2.24, 2.45) is 10.9 Å². The summed E-state index contributed by atoms with van der Waals surface area (Å²) in [6.45, 7) is 12.8. The molecule has 21 heavy (non-hydrogen) atoms. The van der Waals surface area contributed by atoms with Gasteiger partial charge in [-0.05, 0) is 53.0 Å². The first-order valence-corrected chi connectivity index (χ1v) is 8.11. The SMILES string of the molecule is CN=C(NCC1CCCN(C(C)C)C1)NCC(C)(C)OC. The Balaban J connectivity index is 2.35. The number of guanidine groups is 1. The maximum atomic E-state index is 5.42. The third-order valence-corrected chi connectivity index (χ3v) is 4.30. The van der Waals surface area contributed by atoms with Gasteiger partial charge in [-0.15, -0.1) is 0 Å². The normalized spacial score (nSPS) is 21.7. The number of hydrogen-bond acceptors (Lipinski definition) is 3. The zero-order chi connectivity index (χ0) is 15.9. The quantitative estimate of drug-likeness (QED) is 0.579. The Kier molecular flexibility index (Phi) is 7.46. The van der Waals surface area contributed by atoms with Crippen LogP contribution in [0.3, 0.4) is 0 Å². The minimum atomic E-state index is -0.184. The van der Waals surface area contributed by atoms with Crippen molar-refractivity contribution in [2.75, 3.05) is 40.3 Å². The lowest BCUT2D eigenvalue weighted by atomic mass is 9.97. The van der Waals surface area contributed by atoms with E-state index in [0.717, 1.165) is 19.0 Å². The molecule has 0 aromatic rings.